The molecule has 0 N–H and O–H groups in total. The SMILES string of the molecule is CCCCCCCCC(/C=N/c1cc(CC)cc(CC)c1)=N\c1cc(CC)cc(CC)c1.[Ni]. The fourth-order valence-electron chi connectivity index (χ4n) is 3.99. The van der Waals surface area contributed by atoms with E-state index >= 15 is 0 Å². The summed E-state index contributed by atoms with van der Waals surface area (Å²) in [6.45, 7) is 11.1. The van der Waals surface area contributed by atoms with Gasteiger partial charge in [-0.25, -0.2) is 0 Å². The van der Waals surface area contributed by atoms with Crippen LogP contribution in [0.5, 0.6) is 0 Å². The number of aliphatic imine (C=N–C) groups is 2. The van der Waals surface area contributed by atoms with Crippen molar-refractivity contribution >= 4 is 23.3 Å². The van der Waals surface area contributed by atoms with E-state index in [0.29, 0.717) is 0 Å². The minimum absolute atomic E-state index is 0. The first-order valence-electron chi connectivity index (χ1n) is 13.0. The summed E-state index contributed by atoms with van der Waals surface area (Å²) < 4.78 is 0. The Kier molecular flexibility index (Phi) is 14.9. The molecule has 0 saturated carbocycles. The van der Waals surface area contributed by atoms with Crippen molar-refractivity contribution in [3.05, 3.63) is 58.7 Å². The molecule has 0 unspecified atom stereocenters. The number of hydrogen-bond acceptors (Lipinski definition) is 2. The van der Waals surface area contributed by atoms with Gasteiger partial charge in [-0.3, -0.25) is 9.98 Å². The molecule has 0 bridgehead atoms. The third-order valence-corrected chi connectivity index (χ3v) is 6.13. The number of benzene rings is 2. The third-order valence-electron chi connectivity index (χ3n) is 6.13. The van der Waals surface area contributed by atoms with Gasteiger partial charge in [-0.15, -0.1) is 0 Å². The summed E-state index contributed by atoms with van der Waals surface area (Å²) >= 11 is 0. The van der Waals surface area contributed by atoms with Gasteiger partial charge in [-0.1, -0.05) is 78.9 Å². The number of rotatable bonds is 14. The Bertz CT molecular complexity index is 838. The molecule has 0 aliphatic heterocycles. The Morgan fingerprint density at radius 2 is 1.06 bits per heavy atom. The van der Waals surface area contributed by atoms with E-state index in [1.165, 1.54) is 60.8 Å². The quantitative estimate of drug-likeness (QED) is 0.143. The van der Waals surface area contributed by atoms with Crippen LogP contribution in [0.1, 0.15) is 102 Å². The number of unbranched alkanes of at least 4 members (excludes halogenated alkanes) is 5. The zero-order valence-corrected chi connectivity index (χ0v) is 22.5. The van der Waals surface area contributed by atoms with Crippen LogP contribution in [0.4, 0.5) is 11.4 Å². The van der Waals surface area contributed by atoms with E-state index in [-0.39, 0.29) is 16.5 Å². The van der Waals surface area contributed by atoms with E-state index in [4.69, 9.17) is 9.98 Å². The Hall–Kier alpha value is -1.73. The van der Waals surface area contributed by atoms with Crippen LogP contribution < -0.4 is 0 Å². The first-order chi connectivity index (χ1) is 15.6. The zero-order valence-electron chi connectivity index (χ0n) is 21.5. The Morgan fingerprint density at radius 3 is 1.55 bits per heavy atom. The molecule has 0 amide bonds. The molecule has 0 atom stereocenters. The van der Waals surface area contributed by atoms with Gasteiger partial charge in [-0.05, 0) is 85.0 Å². The maximum Gasteiger partial charge on any atom is 0.0639 e. The number of nitrogens with zero attached hydrogens (tertiary/aromatic N) is 2. The van der Waals surface area contributed by atoms with Crippen LogP contribution in [-0.2, 0) is 42.2 Å². The number of aryl methyl sites for hydroxylation is 4. The van der Waals surface area contributed by atoms with Crippen LogP contribution >= 0.6 is 0 Å². The first kappa shape index (κ1) is 29.3. The molecule has 33 heavy (non-hydrogen) atoms. The summed E-state index contributed by atoms with van der Waals surface area (Å²) in [5.41, 5.74) is 8.65. The van der Waals surface area contributed by atoms with E-state index in [1.807, 2.05) is 6.21 Å². The van der Waals surface area contributed by atoms with Gasteiger partial charge in [0.05, 0.1) is 17.1 Å². The molecule has 3 heteroatoms. The van der Waals surface area contributed by atoms with E-state index in [9.17, 15) is 0 Å². The Morgan fingerprint density at radius 1 is 0.606 bits per heavy atom. The van der Waals surface area contributed by atoms with Crippen LogP contribution in [0.3, 0.4) is 0 Å². The fraction of sp³-hybridized carbons (Fsp3) is 0.533. The molecule has 2 rings (SSSR count). The molecule has 0 heterocycles. The average molecular weight is 491 g/mol. The van der Waals surface area contributed by atoms with E-state index in [0.717, 1.165) is 49.2 Å². The van der Waals surface area contributed by atoms with Gasteiger partial charge in [0.1, 0.15) is 0 Å². The van der Waals surface area contributed by atoms with Crippen molar-refractivity contribution in [3.63, 3.8) is 0 Å². The summed E-state index contributed by atoms with van der Waals surface area (Å²) in [5, 5.41) is 0. The summed E-state index contributed by atoms with van der Waals surface area (Å²) in [4.78, 5) is 9.96. The molecule has 0 aromatic heterocycles. The molecule has 184 valence electrons. The Labute approximate surface area is 213 Å². The normalized spacial score (nSPS) is 11.7. The van der Waals surface area contributed by atoms with Gasteiger partial charge < -0.3 is 0 Å². The molecule has 2 nitrogen and oxygen atoms in total. The monoisotopic (exact) mass is 490 g/mol. The van der Waals surface area contributed by atoms with Crippen molar-refractivity contribution in [1.29, 1.82) is 0 Å². The summed E-state index contributed by atoms with van der Waals surface area (Å²) in [6.07, 6.45) is 14.9. The second-order valence-corrected chi connectivity index (χ2v) is 8.81. The van der Waals surface area contributed by atoms with Crippen LogP contribution in [0.2, 0.25) is 0 Å². The molecule has 2 aromatic rings. The molecule has 0 radical (unpaired) electrons. The summed E-state index contributed by atoms with van der Waals surface area (Å²) in [5.74, 6) is 0. The van der Waals surface area contributed by atoms with E-state index in [1.54, 1.807) is 0 Å². The maximum absolute atomic E-state index is 5.08. The standard InChI is InChI=1S/C30H44N2.Ni/c1-6-11-12-13-14-15-16-28(32-30-21-26(9-4)18-27(10-5)22-30)23-31-29-19-24(7-2)17-25(8-3)20-29;/h17-23H,6-16H2,1-5H3;/b31-23+,32-28+;. The molecule has 0 aliphatic rings. The average Bonchev–Trinajstić information content (AvgIpc) is 2.83. The topological polar surface area (TPSA) is 24.7 Å². The predicted octanol–water partition coefficient (Wildman–Crippen LogP) is 9.16. The largest absolute Gasteiger partial charge is 0.255 e. The van der Waals surface area contributed by atoms with Gasteiger partial charge in [0.15, 0.2) is 0 Å². The smallest absolute Gasteiger partial charge is 0.0639 e. The minimum atomic E-state index is 0. The minimum Gasteiger partial charge on any atom is -0.255 e. The third kappa shape index (κ3) is 10.8. The van der Waals surface area contributed by atoms with Crippen LogP contribution in [0, 0.1) is 0 Å². The van der Waals surface area contributed by atoms with Crippen molar-refractivity contribution in [2.75, 3.05) is 0 Å². The molecule has 0 aliphatic carbocycles. The van der Waals surface area contributed by atoms with Crippen LogP contribution in [-0.4, -0.2) is 11.9 Å². The summed E-state index contributed by atoms with van der Waals surface area (Å²) in [7, 11) is 0. The van der Waals surface area contributed by atoms with E-state index < -0.39 is 0 Å². The molecule has 0 spiro atoms. The molecule has 0 saturated heterocycles. The molecule has 2 aromatic carbocycles. The second-order valence-electron chi connectivity index (χ2n) is 8.81. The van der Waals surface area contributed by atoms with Gasteiger partial charge in [0.2, 0.25) is 0 Å². The predicted molar refractivity (Wildman–Crippen MR) is 144 cm³/mol. The Balaban J connectivity index is 0.00000544. The fourth-order valence-corrected chi connectivity index (χ4v) is 3.99. The van der Waals surface area contributed by atoms with Crippen molar-refractivity contribution in [2.24, 2.45) is 9.98 Å². The van der Waals surface area contributed by atoms with Crippen molar-refractivity contribution < 1.29 is 16.5 Å². The van der Waals surface area contributed by atoms with Crippen LogP contribution in [0.25, 0.3) is 0 Å². The molecular weight excluding hydrogens is 447 g/mol. The zero-order chi connectivity index (χ0) is 23.2. The van der Waals surface area contributed by atoms with Gasteiger partial charge in [0.25, 0.3) is 0 Å². The molecular formula is C30H44N2Ni. The molecule has 0 fully saturated rings. The van der Waals surface area contributed by atoms with Gasteiger partial charge in [-0.2, -0.15) is 0 Å². The van der Waals surface area contributed by atoms with Crippen LogP contribution in [0.15, 0.2) is 46.4 Å². The van der Waals surface area contributed by atoms with Crippen molar-refractivity contribution in [3.8, 4) is 0 Å². The van der Waals surface area contributed by atoms with Gasteiger partial charge >= 0.3 is 0 Å². The maximum atomic E-state index is 5.08. The second kappa shape index (κ2) is 16.8. The van der Waals surface area contributed by atoms with Crippen molar-refractivity contribution in [1.82, 2.24) is 0 Å². The van der Waals surface area contributed by atoms with Crippen molar-refractivity contribution in [2.45, 2.75) is 105 Å². The number of hydrogen-bond donors (Lipinski definition) is 0. The summed E-state index contributed by atoms with van der Waals surface area (Å²) in [6, 6.07) is 13.5. The van der Waals surface area contributed by atoms with Gasteiger partial charge in [0, 0.05) is 22.7 Å². The first-order valence-corrected chi connectivity index (χ1v) is 13.0. The van der Waals surface area contributed by atoms with E-state index in [2.05, 4.69) is 71.0 Å².